The summed E-state index contributed by atoms with van der Waals surface area (Å²) in [7, 11) is -3.25. The van der Waals surface area contributed by atoms with Crippen molar-refractivity contribution in [3.05, 3.63) is 29.8 Å². The molecule has 1 fully saturated rings. The zero-order chi connectivity index (χ0) is 20.3. The van der Waals surface area contributed by atoms with Crippen LogP contribution in [0.2, 0.25) is 0 Å². The van der Waals surface area contributed by atoms with Crippen LogP contribution in [0.25, 0.3) is 11.4 Å². The van der Waals surface area contributed by atoms with Crippen LogP contribution in [0.5, 0.6) is 0 Å². The molecular weight excluding hydrogens is 390 g/mol. The molecule has 7 nitrogen and oxygen atoms in total. The van der Waals surface area contributed by atoms with E-state index in [-0.39, 0.29) is 29.4 Å². The smallest absolute Gasteiger partial charge is 0.322 e. The van der Waals surface area contributed by atoms with Crippen LogP contribution < -0.4 is 10.0 Å². The van der Waals surface area contributed by atoms with E-state index < -0.39 is 26.9 Å². The lowest BCUT2D eigenvalue weighted by Crippen LogP contribution is -2.37. The van der Waals surface area contributed by atoms with E-state index in [2.05, 4.69) is 20.2 Å². The summed E-state index contributed by atoms with van der Waals surface area (Å²) in [6.07, 6.45) is 3.36. The Hall–Kier alpha value is -2.07. The summed E-state index contributed by atoms with van der Waals surface area (Å²) >= 11 is 0. The van der Waals surface area contributed by atoms with Crippen LogP contribution >= 0.6 is 0 Å². The number of sulfonamides is 1. The second-order valence-corrected chi connectivity index (χ2v) is 9.65. The molecule has 0 aliphatic heterocycles. The minimum absolute atomic E-state index is 0.0173. The molecule has 0 radical (unpaired) electrons. The lowest BCUT2D eigenvalue weighted by molar-refractivity contribution is 0.330. The molecule has 1 saturated carbocycles. The van der Waals surface area contributed by atoms with Gasteiger partial charge in [-0.25, -0.2) is 21.9 Å². The maximum absolute atomic E-state index is 13.8. The highest BCUT2D eigenvalue weighted by atomic mass is 32.2. The van der Waals surface area contributed by atoms with Gasteiger partial charge in [-0.15, -0.1) is 0 Å². The molecule has 1 aliphatic rings. The van der Waals surface area contributed by atoms with Gasteiger partial charge in [-0.3, -0.25) is 0 Å². The van der Waals surface area contributed by atoms with Crippen LogP contribution in [0.15, 0.2) is 22.7 Å². The lowest BCUT2D eigenvalue weighted by atomic mass is 9.86. The third-order valence-corrected chi connectivity index (χ3v) is 6.80. The van der Waals surface area contributed by atoms with Gasteiger partial charge in [0.1, 0.15) is 0 Å². The molecule has 1 heterocycles. The van der Waals surface area contributed by atoms with Crippen molar-refractivity contribution < 1.29 is 21.7 Å². The summed E-state index contributed by atoms with van der Waals surface area (Å²) in [6, 6.07) is 4.05. The molecule has 1 aromatic carbocycles. The van der Waals surface area contributed by atoms with Crippen molar-refractivity contribution in [1.82, 2.24) is 14.9 Å². The highest BCUT2D eigenvalue weighted by molar-refractivity contribution is 7.90. The first kappa shape index (κ1) is 20.7. The molecule has 28 heavy (non-hydrogen) atoms. The molecule has 0 amide bonds. The largest absolute Gasteiger partial charge is 0.335 e. The Labute approximate surface area is 163 Å². The predicted octanol–water partition coefficient (Wildman–Crippen LogP) is 3.31. The van der Waals surface area contributed by atoms with E-state index in [9.17, 15) is 17.2 Å². The van der Waals surface area contributed by atoms with Crippen molar-refractivity contribution in [2.45, 2.75) is 50.8 Å². The monoisotopic (exact) mass is 414 g/mol. The summed E-state index contributed by atoms with van der Waals surface area (Å²) in [4.78, 5) is 4.10. The van der Waals surface area contributed by atoms with Crippen molar-refractivity contribution in [2.75, 3.05) is 11.9 Å². The van der Waals surface area contributed by atoms with Gasteiger partial charge < -0.3 is 9.84 Å². The van der Waals surface area contributed by atoms with Gasteiger partial charge in [0.25, 0.3) is 0 Å². The van der Waals surface area contributed by atoms with Crippen molar-refractivity contribution in [3.8, 4) is 11.4 Å². The SMILES string of the molecule is CC(C)S(=O)(=O)NCC1CCC(Nc2nc(-c3cccc(F)c3F)no2)CC1. The van der Waals surface area contributed by atoms with Crippen LogP contribution in [-0.4, -0.2) is 36.4 Å². The second-order valence-electron chi connectivity index (χ2n) is 7.33. The van der Waals surface area contributed by atoms with E-state index in [0.29, 0.717) is 6.54 Å². The minimum Gasteiger partial charge on any atom is -0.335 e. The number of halogens is 2. The van der Waals surface area contributed by atoms with Crippen LogP contribution in [0.4, 0.5) is 14.8 Å². The van der Waals surface area contributed by atoms with Crippen molar-refractivity contribution in [2.24, 2.45) is 5.92 Å². The molecule has 0 bridgehead atoms. The first-order valence-electron chi connectivity index (χ1n) is 9.29. The summed E-state index contributed by atoms with van der Waals surface area (Å²) in [5.74, 6) is -1.72. The van der Waals surface area contributed by atoms with E-state index in [4.69, 9.17) is 4.52 Å². The number of benzene rings is 1. The zero-order valence-electron chi connectivity index (χ0n) is 15.8. The molecule has 1 aliphatic carbocycles. The zero-order valence-corrected chi connectivity index (χ0v) is 16.6. The second kappa shape index (κ2) is 8.52. The predicted molar refractivity (Wildman–Crippen MR) is 101 cm³/mol. The molecule has 154 valence electrons. The van der Waals surface area contributed by atoms with E-state index >= 15 is 0 Å². The number of rotatable bonds is 7. The van der Waals surface area contributed by atoms with Crippen LogP contribution in [0, 0.1) is 17.6 Å². The number of aromatic nitrogens is 2. The highest BCUT2D eigenvalue weighted by Gasteiger charge is 2.25. The Balaban J connectivity index is 1.52. The normalized spacial score (nSPS) is 20.5. The molecule has 3 rings (SSSR count). The van der Waals surface area contributed by atoms with E-state index in [0.717, 1.165) is 31.7 Å². The summed E-state index contributed by atoms with van der Waals surface area (Å²) in [6.45, 7) is 3.74. The average molecular weight is 414 g/mol. The summed E-state index contributed by atoms with van der Waals surface area (Å²) in [5.41, 5.74) is -0.0575. The van der Waals surface area contributed by atoms with E-state index in [1.165, 1.54) is 12.1 Å². The van der Waals surface area contributed by atoms with Gasteiger partial charge in [0.15, 0.2) is 11.6 Å². The van der Waals surface area contributed by atoms with Crippen molar-refractivity contribution in [1.29, 1.82) is 0 Å². The molecule has 0 saturated heterocycles. The Morgan fingerprint density at radius 2 is 1.93 bits per heavy atom. The summed E-state index contributed by atoms with van der Waals surface area (Å²) < 4.78 is 58.6. The quantitative estimate of drug-likeness (QED) is 0.721. The fourth-order valence-corrected chi connectivity index (χ4v) is 3.96. The van der Waals surface area contributed by atoms with Crippen molar-refractivity contribution in [3.63, 3.8) is 0 Å². The van der Waals surface area contributed by atoms with Gasteiger partial charge in [-0.1, -0.05) is 11.2 Å². The average Bonchev–Trinajstić information content (AvgIpc) is 3.11. The molecule has 0 unspecified atom stereocenters. The third-order valence-electron chi connectivity index (χ3n) is 4.99. The number of nitrogens with one attached hydrogen (secondary N) is 2. The van der Waals surface area contributed by atoms with Gasteiger partial charge in [0.2, 0.25) is 15.8 Å². The van der Waals surface area contributed by atoms with Crippen LogP contribution in [-0.2, 0) is 10.0 Å². The standard InChI is InChI=1S/C18H24F2N4O3S/c1-11(2)28(25,26)21-10-12-6-8-13(9-7-12)22-18-23-17(24-27-18)14-4-3-5-15(19)16(14)20/h3-5,11-13,21H,6-10H2,1-2H3,(H,22,23,24). The molecule has 1 aromatic heterocycles. The molecule has 0 atom stereocenters. The fourth-order valence-electron chi connectivity index (χ4n) is 3.15. The molecule has 0 spiro atoms. The van der Waals surface area contributed by atoms with E-state index in [1.54, 1.807) is 13.8 Å². The van der Waals surface area contributed by atoms with Crippen molar-refractivity contribution >= 4 is 16.0 Å². The molecular formula is C18H24F2N4O3S. The molecule has 2 N–H and O–H groups in total. The first-order chi connectivity index (χ1) is 13.3. The van der Waals surface area contributed by atoms with E-state index in [1.807, 2.05) is 0 Å². The summed E-state index contributed by atoms with van der Waals surface area (Å²) in [5, 5.41) is 6.39. The lowest BCUT2D eigenvalue weighted by Gasteiger charge is -2.28. The number of hydrogen-bond donors (Lipinski definition) is 2. The van der Waals surface area contributed by atoms with Gasteiger partial charge in [0.05, 0.1) is 10.8 Å². The Morgan fingerprint density at radius 1 is 1.21 bits per heavy atom. The molecule has 2 aromatic rings. The first-order valence-corrected chi connectivity index (χ1v) is 10.8. The Kier molecular flexibility index (Phi) is 6.29. The topological polar surface area (TPSA) is 97.1 Å². The maximum Gasteiger partial charge on any atom is 0.322 e. The van der Waals surface area contributed by atoms with Gasteiger partial charge >= 0.3 is 6.01 Å². The minimum atomic E-state index is -3.25. The van der Waals surface area contributed by atoms with Crippen LogP contribution in [0.1, 0.15) is 39.5 Å². The van der Waals surface area contributed by atoms with Gasteiger partial charge in [0, 0.05) is 12.6 Å². The maximum atomic E-state index is 13.8. The highest BCUT2D eigenvalue weighted by Crippen LogP contribution is 2.27. The fraction of sp³-hybridized carbons (Fsp3) is 0.556. The number of nitrogens with zero attached hydrogens (tertiary/aromatic N) is 2. The van der Waals surface area contributed by atoms with Gasteiger partial charge in [-0.05, 0) is 57.6 Å². The number of anilines is 1. The Bertz CT molecular complexity index is 909. The molecule has 10 heteroatoms. The Morgan fingerprint density at radius 3 is 2.61 bits per heavy atom. The van der Waals surface area contributed by atoms with Crippen LogP contribution in [0.3, 0.4) is 0 Å². The third kappa shape index (κ3) is 4.85. The van der Waals surface area contributed by atoms with Gasteiger partial charge in [-0.2, -0.15) is 4.98 Å². The number of hydrogen-bond acceptors (Lipinski definition) is 6.